The number of benzene rings is 1. The Labute approximate surface area is 154 Å². The Hall–Kier alpha value is -1.06. The molecule has 138 valence electrons. The summed E-state index contributed by atoms with van der Waals surface area (Å²) in [6, 6.07) is 4.53. The summed E-state index contributed by atoms with van der Waals surface area (Å²) in [5, 5.41) is 11.4. The zero-order chi connectivity index (χ0) is 18.8. The maximum atomic E-state index is 15.0. The fourth-order valence-electron chi connectivity index (χ4n) is 2.16. The first-order chi connectivity index (χ1) is 11.7. The van der Waals surface area contributed by atoms with Crippen LogP contribution in [0, 0.1) is 0 Å². The van der Waals surface area contributed by atoms with Gasteiger partial charge in [0.15, 0.2) is 0 Å². The number of hydrogen-bond donors (Lipinski definition) is 2. The van der Waals surface area contributed by atoms with E-state index < -0.39 is 24.2 Å². The normalized spacial score (nSPS) is 12.5. The van der Waals surface area contributed by atoms with E-state index in [2.05, 4.69) is 21.2 Å². The summed E-state index contributed by atoms with van der Waals surface area (Å²) in [7, 11) is -4.76. The number of amides is 1. The minimum absolute atomic E-state index is 0.0196. The molecule has 1 aromatic heterocycles. The van der Waals surface area contributed by atoms with Crippen molar-refractivity contribution in [3.8, 4) is 0 Å². The molecular formula is C14H15BrF2NO5PS. The number of hydrogen-bond acceptors (Lipinski definition) is 5. The van der Waals surface area contributed by atoms with Gasteiger partial charge in [-0.3, -0.25) is 9.88 Å². The first kappa shape index (κ1) is 20.3. The summed E-state index contributed by atoms with van der Waals surface area (Å²) in [5.41, 5.74) is -3.75. The highest BCUT2D eigenvalue weighted by atomic mass is 79.9. The zero-order valence-corrected chi connectivity index (χ0v) is 16.5. The van der Waals surface area contributed by atoms with Gasteiger partial charge in [0.05, 0.1) is 23.6 Å². The van der Waals surface area contributed by atoms with E-state index in [0.717, 1.165) is 0 Å². The third-order valence-corrected chi connectivity index (χ3v) is 7.77. The molecule has 0 radical (unpaired) electrons. The number of fused-ring (bicyclic) bond motifs is 1. The number of alkyl halides is 2. The van der Waals surface area contributed by atoms with Crippen LogP contribution < -0.4 is 5.32 Å². The molecule has 0 atom stereocenters. The molecule has 1 heterocycles. The van der Waals surface area contributed by atoms with Gasteiger partial charge in [-0.05, 0) is 35.8 Å². The summed E-state index contributed by atoms with van der Waals surface area (Å²) in [5.74, 6) is 0. The van der Waals surface area contributed by atoms with Crippen LogP contribution in [0.3, 0.4) is 0 Å². The van der Waals surface area contributed by atoms with E-state index in [9.17, 15) is 9.36 Å². The molecule has 11 heteroatoms. The van der Waals surface area contributed by atoms with Gasteiger partial charge in [0.2, 0.25) is 0 Å². The molecule has 0 spiro atoms. The van der Waals surface area contributed by atoms with Crippen molar-refractivity contribution in [1.82, 2.24) is 0 Å². The van der Waals surface area contributed by atoms with Crippen LogP contribution in [0.15, 0.2) is 22.7 Å². The molecule has 25 heavy (non-hydrogen) atoms. The first-order valence-corrected chi connectivity index (χ1v) is 10.3. The predicted octanol–water partition coefficient (Wildman–Crippen LogP) is 6.07. The monoisotopic (exact) mass is 457 g/mol. The SMILES string of the molecule is CCOP(=O)(OCC)C(F)(F)c1sc2c(NC(=O)O)cccc2c1Br. The molecule has 0 saturated carbocycles. The lowest BCUT2D eigenvalue weighted by molar-refractivity contribution is 0.0387. The van der Waals surface area contributed by atoms with Gasteiger partial charge in [0.25, 0.3) is 0 Å². The summed E-state index contributed by atoms with van der Waals surface area (Å²) in [4.78, 5) is 10.3. The molecule has 2 N–H and O–H groups in total. The summed E-state index contributed by atoms with van der Waals surface area (Å²) in [6.45, 7) is 2.47. The maximum Gasteiger partial charge on any atom is 0.409 e. The molecule has 0 aliphatic rings. The second-order valence-corrected chi connectivity index (χ2v) is 8.62. The number of rotatable bonds is 7. The van der Waals surface area contributed by atoms with Crippen LogP contribution in [0.2, 0.25) is 0 Å². The fourth-order valence-corrected chi connectivity index (χ4v) is 6.21. The highest BCUT2D eigenvalue weighted by Gasteiger charge is 2.57. The average molecular weight is 458 g/mol. The largest absolute Gasteiger partial charge is 0.465 e. The van der Waals surface area contributed by atoms with Crippen molar-refractivity contribution in [3.63, 3.8) is 0 Å². The van der Waals surface area contributed by atoms with Crippen molar-refractivity contribution in [1.29, 1.82) is 0 Å². The van der Waals surface area contributed by atoms with Crippen molar-refractivity contribution in [2.75, 3.05) is 18.5 Å². The Kier molecular flexibility index (Phi) is 6.22. The van der Waals surface area contributed by atoms with E-state index in [1.165, 1.54) is 26.0 Å². The quantitative estimate of drug-likeness (QED) is 0.492. The first-order valence-electron chi connectivity index (χ1n) is 7.16. The fraction of sp³-hybridized carbons (Fsp3) is 0.357. The lowest BCUT2D eigenvalue weighted by Crippen LogP contribution is -2.17. The third kappa shape index (κ3) is 3.73. The highest BCUT2D eigenvalue weighted by Crippen LogP contribution is 2.69. The lowest BCUT2D eigenvalue weighted by atomic mass is 10.2. The van der Waals surface area contributed by atoms with Gasteiger partial charge >= 0.3 is 19.4 Å². The molecule has 0 aliphatic carbocycles. The molecule has 0 saturated heterocycles. The van der Waals surface area contributed by atoms with Gasteiger partial charge in [-0.15, -0.1) is 11.3 Å². The van der Waals surface area contributed by atoms with Crippen LogP contribution in [-0.2, 0) is 19.3 Å². The van der Waals surface area contributed by atoms with Crippen molar-refractivity contribution < 1.29 is 32.3 Å². The summed E-state index contributed by atoms with van der Waals surface area (Å²) in [6.07, 6.45) is -1.32. The molecule has 2 aromatic rings. The van der Waals surface area contributed by atoms with Gasteiger partial charge in [-0.1, -0.05) is 12.1 Å². The van der Waals surface area contributed by atoms with E-state index in [1.807, 2.05) is 0 Å². The number of anilines is 1. The number of carboxylic acid groups (broad SMARTS) is 1. The Balaban J connectivity index is 2.65. The third-order valence-electron chi connectivity index (χ3n) is 3.11. The van der Waals surface area contributed by atoms with Crippen LogP contribution in [0.4, 0.5) is 19.3 Å². The molecule has 6 nitrogen and oxygen atoms in total. The molecule has 0 aliphatic heterocycles. The van der Waals surface area contributed by atoms with Crippen molar-refractivity contribution >= 4 is 56.7 Å². The van der Waals surface area contributed by atoms with Gasteiger partial charge in [0.1, 0.15) is 4.88 Å². The van der Waals surface area contributed by atoms with Crippen LogP contribution in [0.25, 0.3) is 10.1 Å². The Morgan fingerprint density at radius 2 is 1.96 bits per heavy atom. The topological polar surface area (TPSA) is 84.9 Å². The minimum Gasteiger partial charge on any atom is -0.465 e. The van der Waals surface area contributed by atoms with E-state index in [4.69, 9.17) is 14.2 Å². The molecule has 0 bridgehead atoms. The zero-order valence-electron chi connectivity index (χ0n) is 13.2. The Morgan fingerprint density at radius 3 is 2.48 bits per heavy atom. The number of halogens is 3. The van der Waals surface area contributed by atoms with Crippen LogP contribution >= 0.6 is 34.9 Å². The average Bonchev–Trinajstić information content (AvgIpc) is 2.86. The Bertz CT molecular complexity index is 834. The minimum atomic E-state index is -4.76. The van der Waals surface area contributed by atoms with Crippen molar-refractivity contribution in [2.45, 2.75) is 19.5 Å². The smallest absolute Gasteiger partial charge is 0.409 e. The number of nitrogens with one attached hydrogen (secondary N) is 1. The summed E-state index contributed by atoms with van der Waals surface area (Å²) < 4.78 is 52.5. The molecule has 1 aromatic carbocycles. The second-order valence-electron chi connectivity index (χ2n) is 4.73. The van der Waals surface area contributed by atoms with Crippen molar-refractivity contribution in [2.24, 2.45) is 0 Å². The van der Waals surface area contributed by atoms with E-state index in [1.54, 1.807) is 6.07 Å². The molecule has 0 unspecified atom stereocenters. The number of thiophene rings is 1. The molecule has 2 rings (SSSR count). The van der Waals surface area contributed by atoms with Gasteiger partial charge in [-0.2, -0.15) is 8.78 Å². The van der Waals surface area contributed by atoms with Gasteiger partial charge in [0, 0.05) is 9.86 Å². The maximum absolute atomic E-state index is 15.0. The van der Waals surface area contributed by atoms with E-state index in [0.29, 0.717) is 16.7 Å². The molecular weight excluding hydrogens is 443 g/mol. The van der Waals surface area contributed by atoms with E-state index >= 15 is 8.78 Å². The highest BCUT2D eigenvalue weighted by molar-refractivity contribution is 9.10. The van der Waals surface area contributed by atoms with Crippen LogP contribution in [0.1, 0.15) is 18.7 Å². The van der Waals surface area contributed by atoms with Gasteiger partial charge in [-0.25, -0.2) is 4.79 Å². The standard InChI is InChI=1S/C14H15BrF2NO5PS/c1-3-22-24(21,23-4-2)14(16,17)12-10(15)8-6-5-7-9(11(8)25-12)18-13(19)20/h5-7,18H,3-4H2,1-2H3,(H,19,20). The van der Waals surface area contributed by atoms with E-state index in [-0.39, 0.29) is 28.1 Å². The van der Waals surface area contributed by atoms with Gasteiger partial charge < -0.3 is 14.2 Å². The Morgan fingerprint density at radius 1 is 1.36 bits per heavy atom. The molecule has 1 amide bonds. The van der Waals surface area contributed by atoms with Crippen LogP contribution in [0.5, 0.6) is 0 Å². The molecule has 0 fully saturated rings. The number of carbonyl (C=O) groups is 1. The van der Waals surface area contributed by atoms with Crippen LogP contribution in [-0.4, -0.2) is 24.4 Å². The second kappa shape index (κ2) is 7.67. The lowest BCUT2D eigenvalue weighted by Gasteiger charge is -2.25. The summed E-state index contributed by atoms with van der Waals surface area (Å²) >= 11 is 3.73. The predicted molar refractivity (Wildman–Crippen MR) is 95.9 cm³/mol. The van der Waals surface area contributed by atoms with Crippen molar-refractivity contribution in [3.05, 3.63) is 27.5 Å².